The van der Waals surface area contributed by atoms with Gasteiger partial charge in [-0.1, -0.05) is 24.3 Å². The minimum Gasteiger partial charge on any atom is -0.399 e. The quantitative estimate of drug-likeness (QED) is 0.459. The zero-order valence-electron chi connectivity index (χ0n) is 9.36. The van der Waals surface area contributed by atoms with E-state index in [1.165, 1.54) is 6.08 Å². The molecular formula is C13H16N2O. The van der Waals surface area contributed by atoms with Gasteiger partial charge in [0.15, 0.2) is 0 Å². The number of nitrogens with two attached hydrogens (primary N) is 1. The van der Waals surface area contributed by atoms with Crippen LogP contribution in [0.2, 0.25) is 0 Å². The molecular weight excluding hydrogens is 200 g/mol. The van der Waals surface area contributed by atoms with Crippen LogP contribution < -0.4 is 11.1 Å². The van der Waals surface area contributed by atoms with Crippen LogP contribution in [-0.2, 0) is 4.79 Å². The molecule has 0 heterocycles. The van der Waals surface area contributed by atoms with Gasteiger partial charge in [0.05, 0.1) is 0 Å². The molecule has 3 N–H and O–H groups in total. The highest BCUT2D eigenvalue weighted by atomic mass is 16.1. The average molecular weight is 216 g/mol. The lowest BCUT2D eigenvalue weighted by Crippen LogP contribution is -2.22. The van der Waals surface area contributed by atoms with E-state index in [0.29, 0.717) is 12.2 Å². The van der Waals surface area contributed by atoms with Crippen molar-refractivity contribution in [2.45, 2.75) is 6.92 Å². The Morgan fingerprint density at radius 2 is 2.31 bits per heavy atom. The number of rotatable bonds is 4. The number of anilines is 1. The zero-order valence-corrected chi connectivity index (χ0v) is 9.36. The molecule has 1 aromatic carbocycles. The van der Waals surface area contributed by atoms with Crippen LogP contribution in [-0.4, -0.2) is 12.5 Å². The SMILES string of the molecule is C=C(C)CNC(=O)/C=C/c1cccc(N)c1. The molecule has 0 aliphatic carbocycles. The van der Waals surface area contributed by atoms with Gasteiger partial charge >= 0.3 is 0 Å². The van der Waals surface area contributed by atoms with Gasteiger partial charge in [-0.2, -0.15) is 0 Å². The molecule has 0 aliphatic rings. The van der Waals surface area contributed by atoms with Crippen molar-refractivity contribution in [2.75, 3.05) is 12.3 Å². The Labute approximate surface area is 95.7 Å². The van der Waals surface area contributed by atoms with E-state index in [-0.39, 0.29) is 5.91 Å². The Morgan fingerprint density at radius 1 is 1.56 bits per heavy atom. The summed E-state index contributed by atoms with van der Waals surface area (Å²) in [6.45, 7) is 6.06. The monoisotopic (exact) mass is 216 g/mol. The molecule has 0 spiro atoms. The minimum absolute atomic E-state index is 0.134. The smallest absolute Gasteiger partial charge is 0.244 e. The van der Waals surface area contributed by atoms with E-state index in [1.54, 1.807) is 12.1 Å². The molecule has 0 saturated heterocycles. The summed E-state index contributed by atoms with van der Waals surface area (Å²) in [6.07, 6.45) is 3.21. The zero-order chi connectivity index (χ0) is 12.0. The van der Waals surface area contributed by atoms with Gasteiger partial charge in [0, 0.05) is 18.3 Å². The number of benzene rings is 1. The van der Waals surface area contributed by atoms with Crippen molar-refractivity contribution in [3.63, 3.8) is 0 Å². The third-order valence-corrected chi connectivity index (χ3v) is 1.90. The van der Waals surface area contributed by atoms with Crippen molar-refractivity contribution in [1.82, 2.24) is 5.32 Å². The summed E-state index contributed by atoms with van der Waals surface area (Å²) in [4.78, 5) is 11.3. The van der Waals surface area contributed by atoms with Crippen LogP contribution in [0.1, 0.15) is 12.5 Å². The molecule has 84 valence electrons. The number of hydrogen-bond acceptors (Lipinski definition) is 2. The molecule has 0 saturated carbocycles. The first-order valence-electron chi connectivity index (χ1n) is 5.04. The van der Waals surface area contributed by atoms with Crippen LogP contribution in [0, 0.1) is 0 Å². The summed E-state index contributed by atoms with van der Waals surface area (Å²) in [5.41, 5.74) is 8.13. The van der Waals surface area contributed by atoms with Gasteiger partial charge in [0.1, 0.15) is 0 Å². The largest absolute Gasteiger partial charge is 0.399 e. The maximum atomic E-state index is 11.3. The van der Waals surface area contributed by atoms with E-state index in [0.717, 1.165) is 11.1 Å². The van der Waals surface area contributed by atoms with E-state index >= 15 is 0 Å². The van der Waals surface area contributed by atoms with E-state index < -0.39 is 0 Å². The molecule has 3 heteroatoms. The lowest BCUT2D eigenvalue weighted by molar-refractivity contribution is -0.116. The van der Waals surface area contributed by atoms with Gasteiger partial charge in [0.25, 0.3) is 0 Å². The van der Waals surface area contributed by atoms with Crippen molar-refractivity contribution in [1.29, 1.82) is 0 Å². The van der Waals surface area contributed by atoms with Crippen molar-refractivity contribution in [2.24, 2.45) is 0 Å². The van der Waals surface area contributed by atoms with Crippen LogP contribution in [0.25, 0.3) is 6.08 Å². The fraction of sp³-hybridized carbons (Fsp3) is 0.154. The second kappa shape index (κ2) is 5.75. The molecule has 1 aromatic rings. The summed E-state index contributed by atoms with van der Waals surface area (Å²) < 4.78 is 0. The van der Waals surface area contributed by atoms with Crippen molar-refractivity contribution in [3.8, 4) is 0 Å². The molecule has 0 fully saturated rings. The van der Waals surface area contributed by atoms with E-state index in [2.05, 4.69) is 11.9 Å². The van der Waals surface area contributed by atoms with Gasteiger partial charge in [-0.3, -0.25) is 4.79 Å². The Bertz CT molecular complexity index is 422. The van der Waals surface area contributed by atoms with Gasteiger partial charge in [0.2, 0.25) is 5.91 Å². The van der Waals surface area contributed by atoms with Crippen LogP contribution in [0.15, 0.2) is 42.5 Å². The molecule has 0 aromatic heterocycles. The first-order valence-corrected chi connectivity index (χ1v) is 5.04. The maximum absolute atomic E-state index is 11.3. The predicted octanol–water partition coefficient (Wildman–Crippen LogP) is 1.97. The van der Waals surface area contributed by atoms with Crippen LogP contribution in [0.4, 0.5) is 5.69 Å². The van der Waals surface area contributed by atoms with Crippen LogP contribution in [0.3, 0.4) is 0 Å². The second-order valence-electron chi connectivity index (χ2n) is 3.68. The maximum Gasteiger partial charge on any atom is 0.244 e. The highest BCUT2D eigenvalue weighted by Gasteiger charge is 1.94. The van der Waals surface area contributed by atoms with E-state index in [1.807, 2.05) is 25.1 Å². The fourth-order valence-electron chi connectivity index (χ4n) is 1.13. The summed E-state index contributed by atoms with van der Waals surface area (Å²) in [6, 6.07) is 7.35. The summed E-state index contributed by atoms with van der Waals surface area (Å²) in [5, 5.41) is 2.71. The van der Waals surface area contributed by atoms with E-state index in [4.69, 9.17) is 5.73 Å². The molecule has 0 aliphatic heterocycles. The number of carbonyl (C=O) groups excluding carboxylic acids is 1. The molecule has 3 nitrogen and oxygen atoms in total. The number of nitrogens with one attached hydrogen (secondary N) is 1. The minimum atomic E-state index is -0.134. The number of hydrogen-bond donors (Lipinski definition) is 2. The number of nitrogen functional groups attached to an aromatic ring is 1. The lowest BCUT2D eigenvalue weighted by atomic mass is 10.2. The standard InChI is InChI=1S/C13H16N2O/c1-10(2)9-15-13(16)7-6-11-4-3-5-12(14)8-11/h3-8H,1,9,14H2,2H3,(H,15,16)/b7-6+. The van der Waals surface area contributed by atoms with Crippen LogP contribution >= 0.6 is 0 Å². The second-order valence-corrected chi connectivity index (χ2v) is 3.68. The lowest BCUT2D eigenvalue weighted by Gasteiger charge is -2.00. The first kappa shape index (κ1) is 12.0. The number of carbonyl (C=O) groups is 1. The summed E-state index contributed by atoms with van der Waals surface area (Å²) >= 11 is 0. The summed E-state index contributed by atoms with van der Waals surface area (Å²) in [7, 11) is 0. The third kappa shape index (κ3) is 4.46. The van der Waals surface area contributed by atoms with E-state index in [9.17, 15) is 4.79 Å². The van der Waals surface area contributed by atoms with Gasteiger partial charge in [-0.05, 0) is 30.7 Å². The average Bonchev–Trinajstić information content (AvgIpc) is 2.23. The van der Waals surface area contributed by atoms with Crippen molar-refractivity contribution < 1.29 is 4.79 Å². The van der Waals surface area contributed by atoms with Crippen molar-refractivity contribution in [3.05, 3.63) is 48.1 Å². The number of amides is 1. The fourth-order valence-corrected chi connectivity index (χ4v) is 1.13. The Balaban J connectivity index is 2.53. The summed E-state index contributed by atoms with van der Waals surface area (Å²) in [5.74, 6) is -0.134. The van der Waals surface area contributed by atoms with Crippen molar-refractivity contribution >= 4 is 17.7 Å². The van der Waals surface area contributed by atoms with Gasteiger partial charge < -0.3 is 11.1 Å². The first-order chi connectivity index (χ1) is 7.58. The molecule has 1 amide bonds. The Hall–Kier alpha value is -2.03. The highest BCUT2D eigenvalue weighted by molar-refractivity contribution is 5.91. The van der Waals surface area contributed by atoms with Gasteiger partial charge in [-0.25, -0.2) is 0 Å². The topological polar surface area (TPSA) is 55.1 Å². The predicted molar refractivity (Wildman–Crippen MR) is 67.7 cm³/mol. The molecule has 0 atom stereocenters. The molecule has 0 unspecified atom stereocenters. The normalized spacial score (nSPS) is 10.3. The third-order valence-electron chi connectivity index (χ3n) is 1.90. The molecule has 1 rings (SSSR count). The Morgan fingerprint density at radius 3 is 2.94 bits per heavy atom. The Kier molecular flexibility index (Phi) is 4.33. The molecule has 0 radical (unpaired) electrons. The van der Waals surface area contributed by atoms with Crippen LogP contribution in [0.5, 0.6) is 0 Å². The molecule has 0 bridgehead atoms. The molecule has 16 heavy (non-hydrogen) atoms. The highest BCUT2D eigenvalue weighted by Crippen LogP contribution is 2.07. The van der Waals surface area contributed by atoms with Gasteiger partial charge in [-0.15, -0.1) is 0 Å².